The molecule has 0 saturated heterocycles. The van der Waals surface area contributed by atoms with E-state index in [2.05, 4.69) is 5.32 Å². The molecule has 4 nitrogen and oxygen atoms in total. The molecule has 2 N–H and O–H groups in total. The molecule has 7 heteroatoms. The smallest absolute Gasteiger partial charge is 0.419 e. The van der Waals surface area contributed by atoms with Crippen molar-refractivity contribution in [3.05, 3.63) is 29.3 Å². The fraction of sp³-hybridized carbons (Fsp3) is 0.417. The van der Waals surface area contributed by atoms with Crippen molar-refractivity contribution in [3.63, 3.8) is 0 Å². The van der Waals surface area contributed by atoms with Crippen molar-refractivity contribution in [3.8, 4) is 5.75 Å². The number of carbonyl (C=O) groups is 1. The molecule has 1 amide bonds. The quantitative estimate of drug-likeness (QED) is 0.861. The number of carbonyl (C=O) groups excluding carboxylic acids is 1. The highest BCUT2D eigenvalue weighted by molar-refractivity contribution is 5.77. The molecule has 0 fully saturated rings. The lowest BCUT2D eigenvalue weighted by molar-refractivity contribution is -0.139. The number of halogens is 3. The van der Waals surface area contributed by atoms with E-state index < -0.39 is 36.6 Å². The van der Waals surface area contributed by atoms with Crippen LogP contribution in [0.25, 0.3) is 0 Å². The minimum atomic E-state index is -4.61. The molecule has 1 aromatic rings. The number of aliphatic hydroxyl groups is 1. The van der Waals surface area contributed by atoms with E-state index in [4.69, 9.17) is 9.84 Å². The van der Waals surface area contributed by atoms with Crippen molar-refractivity contribution in [2.45, 2.75) is 19.7 Å². The van der Waals surface area contributed by atoms with Crippen LogP contribution in [0.5, 0.6) is 5.75 Å². The van der Waals surface area contributed by atoms with E-state index in [1.807, 2.05) is 0 Å². The van der Waals surface area contributed by atoms with Crippen LogP contribution < -0.4 is 10.1 Å². The number of ether oxygens (including phenoxy) is 1. The maximum absolute atomic E-state index is 12.8. The molecule has 0 heterocycles. The summed E-state index contributed by atoms with van der Waals surface area (Å²) in [5.74, 6) is -0.933. The standard InChI is InChI=1S/C12H14F3NO3/c1-2-16-11(18)7-19-10-4-3-8(6-17)5-9(10)12(13,14)15/h3-5,17H,2,6-7H2,1H3,(H,16,18). The van der Waals surface area contributed by atoms with Gasteiger partial charge in [0.25, 0.3) is 5.91 Å². The summed E-state index contributed by atoms with van der Waals surface area (Å²) in [6.07, 6.45) is -4.61. The Kier molecular flexibility index (Phi) is 5.17. The van der Waals surface area contributed by atoms with Crippen LogP contribution in [0.1, 0.15) is 18.1 Å². The molecule has 0 unspecified atom stereocenters. The predicted molar refractivity (Wildman–Crippen MR) is 61.5 cm³/mol. The molecular weight excluding hydrogens is 263 g/mol. The number of hydrogen-bond acceptors (Lipinski definition) is 3. The van der Waals surface area contributed by atoms with Crippen molar-refractivity contribution in [2.24, 2.45) is 0 Å². The minimum absolute atomic E-state index is 0.123. The van der Waals surface area contributed by atoms with Gasteiger partial charge in [0.1, 0.15) is 5.75 Å². The Balaban J connectivity index is 2.91. The number of alkyl halides is 3. The van der Waals surface area contributed by atoms with Gasteiger partial charge < -0.3 is 15.2 Å². The van der Waals surface area contributed by atoms with Crippen molar-refractivity contribution in [1.82, 2.24) is 5.32 Å². The number of likely N-dealkylation sites (N-methyl/N-ethyl adjacent to an activating group) is 1. The number of amides is 1. The van der Waals surface area contributed by atoms with Gasteiger partial charge in [0, 0.05) is 6.54 Å². The Bertz CT molecular complexity index is 446. The third-order valence-corrected chi connectivity index (χ3v) is 2.26. The van der Waals surface area contributed by atoms with Gasteiger partial charge in [0.15, 0.2) is 6.61 Å². The van der Waals surface area contributed by atoms with Gasteiger partial charge in [-0.15, -0.1) is 0 Å². The van der Waals surface area contributed by atoms with Crippen LogP contribution in [0.2, 0.25) is 0 Å². The van der Waals surface area contributed by atoms with Crippen LogP contribution >= 0.6 is 0 Å². The number of nitrogens with one attached hydrogen (secondary N) is 1. The zero-order valence-corrected chi connectivity index (χ0v) is 10.3. The summed E-state index contributed by atoms with van der Waals surface area (Å²) in [5, 5.41) is 11.2. The summed E-state index contributed by atoms with van der Waals surface area (Å²) in [6.45, 7) is 1.07. The molecule has 0 aromatic heterocycles. The average molecular weight is 277 g/mol. The minimum Gasteiger partial charge on any atom is -0.483 e. The predicted octanol–water partition coefficient (Wildman–Crippen LogP) is 1.71. The number of hydrogen-bond donors (Lipinski definition) is 2. The summed E-state index contributed by atoms with van der Waals surface area (Å²) in [4.78, 5) is 11.1. The van der Waals surface area contributed by atoms with Crippen molar-refractivity contribution < 1.29 is 27.8 Å². The average Bonchev–Trinajstić information content (AvgIpc) is 2.35. The van der Waals surface area contributed by atoms with E-state index in [9.17, 15) is 18.0 Å². The van der Waals surface area contributed by atoms with Gasteiger partial charge in [-0.3, -0.25) is 4.79 Å². The number of benzene rings is 1. The maximum atomic E-state index is 12.8. The first kappa shape index (κ1) is 15.3. The summed E-state index contributed by atoms with van der Waals surface area (Å²) >= 11 is 0. The highest BCUT2D eigenvalue weighted by Gasteiger charge is 2.34. The Morgan fingerprint density at radius 3 is 2.63 bits per heavy atom. The molecule has 106 valence electrons. The Morgan fingerprint density at radius 1 is 1.42 bits per heavy atom. The van der Waals surface area contributed by atoms with E-state index in [-0.39, 0.29) is 5.56 Å². The zero-order chi connectivity index (χ0) is 14.5. The Morgan fingerprint density at radius 2 is 2.11 bits per heavy atom. The van der Waals surface area contributed by atoms with E-state index in [1.54, 1.807) is 6.92 Å². The van der Waals surface area contributed by atoms with Crippen LogP contribution in [-0.2, 0) is 17.6 Å². The van der Waals surface area contributed by atoms with Crippen LogP contribution in [0, 0.1) is 0 Å². The van der Waals surface area contributed by atoms with Gasteiger partial charge in [0.05, 0.1) is 12.2 Å². The van der Waals surface area contributed by atoms with Gasteiger partial charge in [-0.1, -0.05) is 6.07 Å². The van der Waals surface area contributed by atoms with E-state index in [0.717, 1.165) is 12.1 Å². The normalized spacial score (nSPS) is 11.2. The van der Waals surface area contributed by atoms with E-state index >= 15 is 0 Å². The van der Waals surface area contributed by atoms with Crippen LogP contribution in [0.15, 0.2) is 18.2 Å². The molecule has 19 heavy (non-hydrogen) atoms. The third-order valence-electron chi connectivity index (χ3n) is 2.26. The lowest BCUT2D eigenvalue weighted by Crippen LogP contribution is -2.28. The van der Waals surface area contributed by atoms with Gasteiger partial charge in [0.2, 0.25) is 0 Å². The van der Waals surface area contributed by atoms with Crippen molar-refractivity contribution >= 4 is 5.91 Å². The first-order valence-electron chi connectivity index (χ1n) is 5.59. The fourth-order valence-electron chi connectivity index (χ4n) is 1.41. The zero-order valence-electron chi connectivity index (χ0n) is 10.3. The fourth-order valence-corrected chi connectivity index (χ4v) is 1.41. The maximum Gasteiger partial charge on any atom is 0.419 e. The Hall–Kier alpha value is -1.76. The van der Waals surface area contributed by atoms with Gasteiger partial charge >= 0.3 is 6.18 Å². The second kappa shape index (κ2) is 6.42. The molecule has 0 radical (unpaired) electrons. The van der Waals surface area contributed by atoms with Gasteiger partial charge in [-0.05, 0) is 24.6 Å². The van der Waals surface area contributed by atoms with Crippen molar-refractivity contribution in [1.29, 1.82) is 0 Å². The molecule has 0 saturated carbocycles. The first-order valence-corrected chi connectivity index (χ1v) is 5.59. The molecule has 0 spiro atoms. The van der Waals surface area contributed by atoms with Crippen LogP contribution in [0.3, 0.4) is 0 Å². The molecule has 0 atom stereocenters. The SMILES string of the molecule is CCNC(=O)COc1ccc(CO)cc1C(F)(F)F. The second-order valence-electron chi connectivity index (χ2n) is 3.73. The summed E-state index contributed by atoms with van der Waals surface area (Å²) in [7, 11) is 0. The summed E-state index contributed by atoms with van der Waals surface area (Å²) in [5.41, 5.74) is -0.888. The first-order chi connectivity index (χ1) is 8.88. The van der Waals surface area contributed by atoms with E-state index in [0.29, 0.717) is 6.54 Å². The van der Waals surface area contributed by atoms with Crippen LogP contribution in [0.4, 0.5) is 13.2 Å². The van der Waals surface area contributed by atoms with Crippen molar-refractivity contribution in [2.75, 3.05) is 13.2 Å². The second-order valence-corrected chi connectivity index (χ2v) is 3.73. The lowest BCUT2D eigenvalue weighted by Gasteiger charge is -2.14. The highest BCUT2D eigenvalue weighted by atomic mass is 19.4. The molecule has 1 aromatic carbocycles. The third kappa shape index (κ3) is 4.44. The number of rotatable bonds is 5. The van der Waals surface area contributed by atoms with Gasteiger partial charge in [-0.2, -0.15) is 13.2 Å². The molecule has 0 aliphatic rings. The Labute approximate surface area is 108 Å². The number of aliphatic hydroxyl groups excluding tert-OH is 1. The lowest BCUT2D eigenvalue weighted by atomic mass is 10.1. The molecule has 0 aliphatic carbocycles. The summed E-state index contributed by atoms with van der Waals surface area (Å²) < 4.78 is 43.2. The topological polar surface area (TPSA) is 58.6 Å². The van der Waals surface area contributed by atoms with E-state index in [1.165, 1.54) is 6.07 Å². The van der Waals surface area contributed by atoms with Crippen LogP contribution in [-0.4, -0.2) is 24.2 Å². The molecular formula is C12H14F3NO3. The highest BCUT2D eigenvalue weighted by Crippen LogP contribution is 2.36. The molecule has 0 bridgehead atoms. The molecule has 0 aliphatic heterocycles. The van der Waals surface area contributed by atoms with Gasteiger partial charge in [-0.25, -0.2) is 0 Å². The molecule has 1 rings (SSSR count). The summed E-state index contributed by atoms with van der Waals surface area (Å²) in [6, 6.07) is 3.20. The monoisotopic (exact) mass is 277 g/mol. The largest absolute Gasteiger partial charge is 0.483 e.